The zero-order valence-corrected chi connectivity index (χ0v) is 10.5. The van der Waals surface area contributed by atoms with Gasteiger partial charge in [0.05, 0.1) is 5.56 Å². The van der Waals surface area contributed by atoms with Crippen LogP contribution in [-0.2, 0) is 12.6 Å². The number of amides is 1. The number of aromatic amines is 1. The second kappa shape index (κ2) is 5.32. The molecule has 0 spiro atoms. The third-order valence-electron chi connectivity index (χ3n) is 2.54. The summed E-state index contributed by atoms with van der Waals surface area (Å²) < 4.78 is 37.1. The van der Waals surface area contributed by atoms with Crippen LogP contribution >= 0.6 is 0 Å². The number of rotatable bonds is 3. The van der Waals surface area contributed by atoms with Crippen LogP contribution in [0.25, 0.3) is 0 Å². The summed E-state index contributed by atoms with van der Waals surface area (Å²) >= 11 is 0. The summed E-state index contributed by atoms with van der Waals surface area (Å²) in [6.07, 6.45) is -3.80. The lowest BCUT2D eigenvalue weighted by atomic mass is 10.2. The predicted molar refractivity (Wildman–Crippen MR) is 65.2 cm³/mol. The molecule has 1 heterocycles. The highest BCUT2D eigenvalue weighted by atomic mass is 19.4. The highest BCUT2D eigenvalue weighted by Gasteiger charge is 2.30. The third-order valence-corrected chi connectivity index (χ3v) is 2.54. The van der Waals surface area contributed by atoms with Crippen molar-refractivity contribution in [1.82, 2.24) is 15.2 Å². The number of carbonyl (C=O) groups is 1. The van der Waals surface area contributed by atoms with Gasteiger partial charge in [0.25, 0.3) is 5.91 Å². The summed E-state index contributed by atoms with van der Waals surface area (Å²) in [6, 6.07) is 4.14. The van der Waals surface area contributed by atoms with E-state index in [0.717, 1.165) is 12.1 Å². The number of nitrogens with zero attached hydrogens (tertiary/aromatic N) is 2. The van der Waals surface area contributed by atoms with Crippen LogP contribution < -0.4 is 5.32 Å². The number of halogens is 3. The number of carbonyl (C=O) groups excluding carboxylic acids is 1. The SMILES string of the molecule is CCc1nc(C(=O)Nc2ccc(C(F)(F)F)cc2)n[nH]1. The molecule has 0 unspecified atom stereocenters. The number of anilines is 1. The standard InChI is InChI=1S/C12H11F3N4O/c1-2-9-17-10(19-18-9)11(20)16-8-5-3-7(4-6-8)12(13,14)15/h3-6H,2H2,1H3,(H,16,20)(H,17,18,19). The Morgan fingerprint density at radius 3 is 2.45 bits per heavy atom. The van der Waals surface area contributed by atoms with E-state index in [9.17, 15) is 18.0 Å². The maximum atomic E-state index is 12.4. The van der Waals surface area contributed by atoms with E-state index in [1.807, 2.05) is 6.92 Å². The van der Waals surface area contributed by atoms with Gasteiger partial charge in [-0.1, -0.05) is 6.92 Å². The zero-order valence-electron chi connectivity index (χ0n) is 10.5. The largest absolute Gasteiger partial charge is 0.416 e. The molecule has 0 aliphatic rings. The molecule has 5 nitrogen and oxygen atoms in total. The summed E-state index contributed by atoms with van der Waals surface area (Å²) in [7, 11) is 0. The molecular formula is C12H11F3N4O. The minimum Gasteiger partial charge on any atom is -0.319 e. The van der Waals surface area contributed by atoms with Crippen LogP contribution in [0.5, 0.6) is 0 Å². The topological polar surface area (TPSA) is 70.7 Å². The van der Waals surface area contributed by atoms with Crippen molar-refractivity contribution in [1.29, 1.82) is 0 Å². The van der Waals surface area contributed by atoms with Gasteiger partial charge in [-0.2, -0.15) is 13.2 Å². The third kappa shape index (κ3) is 3.14. The number of H-pyrrole nitrogens is 1. The van der Waals surface area contributed by atoms with Gasteiger partial charge in [0.2, 0.25) is 5.82 Å². The minimum atomic E-state index is -4.40. The highest BCUT2D eigenvalue weighted by molar-refractivity contribution is 6.01. The number of alkyl halides is 3. The van der Waals surface area contributed by atoms with Crippen molar-refractivity contribution in [3.8, 4) is 0 Å². The fourth-order valence-electron chi connectivity index (χ4n) is 1.48. The van der Waals surface area contributed by atoms with Gasteiger partial charge in [-0.15, -0.1) is 5.10 Å². The first-order chi connectivity index (χ1) is 9.40. The summed E-state index contributed by atoms with van der Waals surface area (Å²) in [5.41, 5.74) is -0.535. The van der Waals surface area contributed by atoms with Crippen molar-refractivity contribution in [2.45, 2.75) is 19.5 Å². The van der Waals surface area contributed by atoms with Crippen LogP contribution in [0, 0.1) is 0 Å². The molecule has 0 saturated heterocycles. The molecule has 106 valence electrons. The Bertz CT molecular complexity index is 604. The van der Waals surface area contributed by atoms with Crippen molar-refractivity contribution in [3.63, 3.8) is 0 Å². The normalized spacial score (nSPS) is 11.4. The summed E-state index contributed by atoms with van der Waals surface area (Å²) in [6.45, 7) is 1.85. The van der Waals surface area contributed by atoms with E-state index < -0.39 is 17.6 Å². The Morgan fingerprint density at radius 2 is 1.95 bits per heavy atom. The van der Waals surface area contributed by atoms with Crippen molar-refractivity contribution >= 4 is 11.6 Å². The number of hydrogen-bond donors (Lipinski definition) is 2. The average molecular weight is 284 g/mol. The van der Waals surface area contributed by atoms with E-state index in [-0.39, 0.29) is 11.5 Å². The Morgan fingerprint density at radius 1 is 1.30 bits per heavy atom. The molecule has 2 rings (SSSR count). The highest BCUT2D eigenvalue weighted by Crippen LogP contribution is 2.29. The van der Waals surface area contributed by atoms with Crippen molar-refractivity contribution in [2.24, 2.45) is 0 Å². The molecular weight excluding hydrogens is 273 g/mol. The summed E-state index contributed by atoms with van der Waals surface area (Å²) in [4.78, 5) is 15.7. The van der Waals surface area contributed by atoms with Crippen LogP contribution in [0.2, 0.25) is 0 Å². The lowest BCUT2D eigenvalue weighted by molar-refractivity contribution is -0.137. The van der Waals surface area contributed by atoms with Crippen molar-refractivity contribution in [2.75, 3.05) is 5.32 Å². The molecule has 0 aliphatic carbocycles. The van der Waals surface area contributed by atoms with Gasteiger partial charge in [-0.25, -0.2) is 4.98 Å². The molecule has 0 saturated carbocycles. The van der Waals surface area contributed by atoms with Gasteiger partial charge in [-0.05, 0) is 24.3 Å². The second-order valence-corrected chi connectivity index (χ2v) is 3.99. The average Bonchev–Trinajstić information content (AvgIpc) is 2.87. The van der Waals surface area contributed by atoms with E-state index in [1.165, 1.54) is 12.1 Å². The zero-order chi connectivity index (χ0) is 14.8. The van der Waals surface area contributed by atoms with Crippen LogP contribution in [0.1, 0.15) is 28.9 Å². The quantitative estimate of drug-likeness (QED) is 0.910. The van der Waals surface area contributed by atoms with Gasteiger partial charge in [0, 0.05) is 12.1 Å². The predicted octanol–water partition coefficient (Wildman–Crippen LogP) is 2.64. The molecule has 2 N–H and O–H groups in total. The van der Waals surface area contributed by atoms with E-state index in [2.05, 4.69) is 20.5 Å². The molecule has 2 aromatic rings. The molecule has 1 amide bonds. The molecule has 0 aliphatic heterocycles. The second-order valence-electron chi connectivity index (χ2n) is 3.99. The minimum absolute atomic E-state index is 0.0539. The van der Waals surface area contributed by atoms with Gasteiger partial charge in [0.15, 0.2) is 0 Å². The lowest BCUT2D eigenvalue weighted by Crippen LogP contribution is -2.14. The Hall–Kier alpha value is -2.38. The monoisotopic (exact) mass is 284 g/mol. The first-order valence-electron chi connectivity index (χ1n) is 5.80. The van der Waals surface area contributed by atoms with Gasteiger partial charge in [0.1, 0.15) is 5.82 Å². The molecule has 8 heteroatoms. The molecule has 1 aromatic carbocycles. The van der Waals surface area contributed by atoms with Crippen molar-refractivity contribution in [3.05, 3.63) is 41.5 Å². The fourth-order valence-corrected chi connectivity index (χ4v) is 1.48. The van der Waals surface area contributed by atoms with E-state index >= 15 is 0 Å². The van der Waals surface area contributed by atoms with E-state index in [1.54, 1.807) is 0 Å². The fraction of sp³-hybridized carbons (Fsp3) is 0.250. The summed E-state index contributed by atoms with van der Waals surface area (Å²) in [5, 5.41) is 8.72. The van der Waals surface area contributed by atoms with Gasteiger partial charge < -0.3 is 5.32 Å². The van der Waals surface area contributed by atoms with Crippen LogP contribution in [0.4, 0.5) is 18.9 Å². The molecule has 0 bridgehead atoms. The molecule has 0 atom stereocenters. The van der Waals surface area contributed by atoms with Crippen molar-refractivity contribution < 1.29 is 18.0 Å². The van der Waals surface area contributed by atoms with E-state index in [0.29, 0.717) is 12.2 Å². The molecule has 20 heavy (non-hydrogen) atoms. The Balaban J connectivity index is 2.08. The molecule has 1 aromatic heterocycles. The number of benzene rings is 1. The lowest BCUT2D eigenvalue weighted by Gasteiger charge is -2.07. The Kier molecular flexibility index (Phi) is 3.73. The number of hydrogen-bond acceptors (Lipinski definition) is 3. The van der Waals surface area contributed by atoms with Crippen LogP contribution in [-0.4, -0.2) is 21.1 Å². The smallest absolute Gasteiger partial charge is 0.319 e. The number of aromatic nitrogens is 3. The van der Waals surface area contributed by atoms with Crippen LogP contribution in [0.3, 0.4) is 0 Å². The first-order valence-corrected chi connectivity index (χ1v) is 5.80. The number of nitrogens with one attached hydrogen (secondary N) is 2. The maximum Gasteiger partial charge on any atom is 0.416 e. The summed E-state index contributed by atoms with van der Waals surface area (Å²) in [5.74, 6) is -0.0787. The van der Waals surface area contributed by atoms with E-state index in [4.69, 9.17) is 0 Å². The number of aryl methyl sites for hydroxylation is 1. The van der Waals surface area contributed by atoms with Gasteiger partial charge in [-0.3, -0.25) is 9.89 Å². The Labute approximate surface area is 112 Å². The van der Waals surface area contributed by atoms with Crippen LogP contribution in [0.15, 0.2) is 24.3 Å². The van der Waals surface area contributed by atoms with Gasteiger partial charge >= 0.3 is 6.18 Å². The maximum absolute atomic E-state index is 12.4. The first kappa shape index (κ1) is 14.0. The molecule has 0 fully saturated rings. The molecule has 0 radical (unpaired) electrons.